The molecule has 2 aromatic rings. The summed E-state index contributed by atoms with van der Waals surface area (Å²) in [7, 11) is 0. The zero-order valence-electron chi connectivity index (χ0n) is 9.11. The van der Waals surface area contributed by atoms with E-state index < -0.39 is 0 Å². The zero-order chi connectivity index (χ0) is 10.5. The molecule has 1 radical (unpaired) electrons. The van der Waals surface area contributed by atoms with E-state index in [-0.39, 0.29) is 0 Å². The summed E-state index contributed by atoms with van der Waals surface area (Å²) in [5.41, 5.74) is 1.10. The van der Waals surface area contributed by atoms with Crippen molar-refractivity contribution in [1.82, 2.24) is 5.32 Å². The minimum atomic E-state index is 0.939. The Morgan fingerprint density at radius 2 is 1.80 bits per heavy atom. The van der Waals surface area contributed by atoms with Crippen LogP contribution in [0.25, 0.3) is 10.8 Å². The van der Waals surface area contributed by atoms with Crippen molar-refractivity contribution in [2.45, 2.75) is 19.8 Å². The van der Waals surface area contributed by atoms with Crippen LogP contribution in [0.1, 0.15) is 19.8 Å². The largest absolute Gasteiger partial charge is 0.285 e. The van der Waals surface area contributed by atoms with E-state index in [0.717, 1.165) is 12.2 Å². The van der Waals surface area contributed by atoms with Crippen LogP contribution in [0.2, 0.25) is 0 Å². The fourth-order valence-electron chi connectivity index (χ4n) is 1.64. The first-order chi connectivity index (χ1) is 7.40. The highest BCUT2D eigenvalue weighted by atomic mass is 14.9. The Morgan fingerprint density at radius 1 is 1.00 bits per heavy atom. The molecule has 0 spiro atoms. The fourth-order valence-corrected chi connectivity index (χ4v) is 1.64. The van der Waals surface area contributed by atoms with Gasteiger partial charge in [0.05, 0.1) is 5.69 Å². The Kier molecular flexibility index (Phi) is 3.23. The third-order valence-electron chi connectivity index (χ3n) is 2.54. The average Bonchev–Trinajstić information content (AvgIpc) is 2.29. The minimum Gasteiger partial charge on any atom is -0.285 e. The lowest BCUT2D eigenvalue weighted by molar-refractivity contribution is 0.733. The monoisotopic (exact) mass is 198 g/mol. The molecular formula is C14H16N. The number of rotatable bonds is 4. The van der Waals surface area contributed by atoms with Crippen molar-refractivity contribution in [3.8, 4) is 0 Å². The smallest absolute Gasteiger partial charge is 0.0580 e. The highest BCUT2D eigenvalue weighted by molar-refractivity contribution is 5.84. The van der Waals surface area contributed by atoms with Crippen molar-refractivity contribution in [2.75, 3.05) is 6.54 Å². The fraction of sp³-hybridized carbons (Fsp3) is 0.286. The number of fused-ring (bicyclic) bond motifs is 1. The van der Waals surface area contributed by atoms with E-state index in [4.69, 9.17) is 0 Å². The topological polar surface area (TPSA) is 14.1 Å². The molecule has 0 saturated carbocycles. The molecule has 0 fully saturated rings. The van der Waals surface area contributed by atoms with Gasteiger partial charge in [0.25, 0.3) is 0 Å². The van der Waals surface area contributed by atoms with E-state index in [0.29, 0.717) is 0 Å². The summed E-state index contributed by atoms with van der Waals surface area (Å²) in [6.45, 7) is 3.13. The van der Waals surface area contributed by atoms with E-state index in [2.05, 4.69) is 54.7 Å². The molecule has 0 saturated heterocycles. The van der Waals surface area contributed by atoms with E-state index in [1.54, 1.807) is 0 Å². The lowest BCUT2D eigenvalue weighted by atomic mass is 10.1. The average molecular weight is 198 g/mol. The number of hydrogen-bond donors (Lipinski definition) is 0. The molecule has 77 valence electrons. The maximum Gasteiger partial charge on any atom is 0.0580 e. The second-order valence-electron chi connectivity index (χ2n) is 3.77. The van der Waals surface area contributed by atoms with Gasteiger partial charge in [0.2, 0.25) is 0 Å². The standard InChI is InChI=1S/C14H16N/c1-2-3-10-15-14-9-8-12-6-4-5-7-13(12)11-14/h4-9,11H,2-3,10H2,1H3. The molecule has 2 aromatic carbocycles. The van der Waals surface area contributed by atoms with Crippen molar-refractivity contribution in [2.24, 2.45) is 0 Å². The van der Waals surface area contributed by atoms with Gasteiger partial charge in [0.15, 0.2) is 0 Å². The molecule has 0 bridgehead atoms. The highest BCUT2D eigenvalue weighted by Gasteiger charge is 1.95. The molecule has 0 aromatic heterocycles. The molecule has 0 aliphatic carbocycles. The number of unbranched alkanes of at least 4 members (excludes halogenated alkanes) is 1. The first kappa shape index (κ1) is 10.0. The normalized spacial score (nSPS) is 10.5. The molecule has 0 N–H and O–H groups in total. The summed E-state index contributed by atoms with van der Waals surface area (Å²) in [5.74, 6) is 0. The Bertz CT molecular complexity index is 434. The van der Waals surface area contributed by atoms with Gasteiger partial charge >= 0.3 is 0 Å². The zero-order valence-corrected chi connectivity index (χ0v) is 9.11. The van der Waals surface area contributed by atoms with Crippen LogP contribution in [0.15, 0.2) is 42.5 Å². The number of hydrogen-bond acceptors (Lipinski definition) is 0. The van der Waals surface area contributed by atoms with Crippen molar-refractivity contribution in [3.05, 3.63) is 42.5 Å². The summed E-state index contributed by atoms with van der Waals surface area (Å²) in [6.07, 6.45) is 2.38. The van der Waals surface area contributed by atoms with E-state index in [9.17, 15) is 0 Å². The van der Waals surface area contributed by atoms with Crippen molar-refractivity contribution in [3.63, 3.8) is 0 Å². The van der Waals surface area contributed by atoms with E-state index in [1.807, 2.05) is 0 Å². The first-order valence-corrected chi connectivity index (χ1v) is 5.56. The van der Waals surface area contributed by atoms with Gasteiger partial charge in [-0.1, -0.05) is 43.7 Å². The molecule has 15 heavy (non-hydrogen) atoms. The second kappa shape index (κ2) is 4.83. The van der Waals surface area contributed by atoms with Crippen LogP contribution >= 0.6 is 0 Å². The van der Waals surface area contributed by atoms with Crippen LogP contribution < -0.4 is 5.32 Å². The third kappa shape index (κ3) is 2.50. The molecule has 0 aliphatic rings. The Labute approximate surface area is 91.1 Å². The van der Waals surface area contributed by atoms with Gasteiger partial charge in [-0.2, -0.15) is 0 Å². The van der Waals surface area contributed by atoms with E-state index in [1.165, 1.54) is 23.6 Å². The lowest BCUT2D eigenvalue weighted by Crippen LogP contribution is -1.98. The SMILES string of the molecule is CCCC[N]c1ccc2ccccc2c1. The van der Waals surface area contributed by atoms with Crippen molar-refractivity contribution in [1.29, 1.82) is 0 Å². The second-order valence-corrected chi connectivity index (χ2v) is 3.77. The molecule has 0 atom stereocenters. The molecule has 1 nitrogen and oxygen atoms in total. The van der Waals surface area contributed by atoms with Gasteiger partial charge < -0.3 is 0 Å². The first-order valence-electron chi connectivity index (χ1n) is 5.56. The van der Waals surface area contributed by atoms with Gasteiger partial charge in [0.1, 0.15) is 0 Å². The van der Waals surface area contributed by atoms with Crippen LogP contribution in [0.3, 0.4) is 0 Å². The van der Waals surface area contributed by atoms with Crippen molar-refractivity contribution < 1.29 is 0 Å². The summed E-state index contributed by atoms with van der Waals surface area (Å²) in [5, 5.41) is 7.10. The Morgan fingerprint density at radius 3 is 2.60 bits per heavy atom. The maximum atomic E-state index is 4.55. The van der Waals surface area contributed by atoms with Gasteiger partial charge in [-0.05, 0) is 29.3 Å². The predicted molar refractivity (Wildman–Crippen MR) is 65.5 cm³/mol. The number of benzene rings is 2. The maximum absolute atomic E-state index is 4.55. The summed E-state index contributed by atoms with van der Waals surface area (Å²) in [4.78, 5) is 0. The molecule has 0 unspecified atom stereocenters. The number of nitrogens with zero attached hydrogens (tertiary/aromatic N) is 1. The van der Waals surface area contributed by atoms with Gasteiger partial charge in [-0.25, -0.2) is 0 Å². The van der Waals surface area contributed by atoms with E-state index >= 15 is 0 Å². The van der Waals surface area contributed by atoms with Gasteiger partial charge in [-0.3, -0.25) is 5.32 Å². The Balaban J connectivity index is 2.16. The highest BCUT2D eigenvalue weighted by Crippen LogP contribution is 2.18. The third-order valence-corrected chi connectivity index (χ3v) is 2.54. The summed E-state index contributed by atoms with van der Waals surface area (Å²) >= 11 is 0. The van der Waals surface area contributed by atoms with Gasteiger partial charge in [-0.15, -0.1) is 0 Å². The van der Waals surface area contributed by atoms with Crippen LogP contribution in [-0.2, 0) is 0 Å². The minimum absolute atomic E-state index is 0.939. The summed E-state index contributed by atoms with van der Waals surface area (Å²) < 4.78 is 0. The van der Waals surface area contributed by atoms with Gasteiger partial charge in [0, 0.05) is 6.54 Å². The van der Waals surface area contributed by atoms with Crippen LogP contribution in [0.5, 0.6) is 0 Å². The predicted octanol–water partition coefficient (Wildman–Crippen LogP) is 3.88. The van der Waals surface area contributed by atoms with Crippen LogP contribution in [-0.4, -0.2) is 6.54 Å². The molecule has 0 heterocycles. The Hall–Kier alpha value is -1.50. The van der Waals surface area contributed by atoms with Crippen LogP contribution in [0, 0.1) is 0 Å². The quantitative estimate of drug-likeness (QED) is 0.662. The molecular weight excluding hydrogens is 182 g/mol. The molecule has 1 heteroatoms. The molecule has 2 rings (SSSR count). The summed E-state index contributed by atoms with van der Waals surface area (Å²) in [6, 6.07) is 14.8. The molecule has 0 amide bonds. The van der Waals surface area contributed by atoms with Crippen molar-refractivity contribution >= 4 is 16.5 Å². The van der Waals surface area contributed by atoms with Crippen LogP contribution in [0.4, 0.5) is 5.69 Å². The molecule has 0 aliphatic heterocycles. The lowest BCUT2D eigenvalue weighted by Gasteiger charge is -2.03.